The predicted octanol–water partition coefficient (Wildman–Crippen LogP) is 0.515. The summed E-state index contributed by atoms with van der Waals surface area (Å²) in [7, 11) is -1.34. The van der Waals surface area contributed by atoms with Crippen LogP contribution in [0.3, 0.4) is 0 Å². The first kappa shape index (κ1) is 21.3. The van der Waals surface area contributed by atoms with Gasteiger partial charge in [0.05, 0.1) is 18.8 Å². The Labute approximate surface area is 164 Å². The smallest absolute Gasteiger partial charge is 0.387 e. The molecule has 3 heterocycles. The topological polar surface area (TPSA) is 143 Å². The van der Waals surface area contributed by atoms with E-state index in [4.69, 9.17) is 26.1 Å². The number of imidazole rings is 1. The van der Waals surface area contributed by atoms with Crippen LogP contribution in [-0.4, -0.2) is 78.9 Å². The Morgan fingerprint density at radius 3 is 2.71 bits per heavy atom. The number of fused-ring (bicyclic) bond motifs is 1. The molecule has 0 amide bonds. The zero-order valence-electron chi connectivity index (χ0n) is 15.2. The second-order valence-electron chi connectivity index (χ2n) is 6.67. The minimum absolute atomic E-state index is 0.275. The van der Waals surface area contributed by atoms with Crippen LogP contribution < -0.4 is 4.90 Å². The highest BCUT2D eigenvalue weighted by atomic mass is 35.5. The molecule has 0 saturated carbocycles. The van der Waals surface area contributed by atoms with Gasteiger partial charge in [-0.05, 0) is 6.92 Å². The lowest BCUT2D eigenvalue weighted by Gasteiger charge is -2.29. The number of alkyl halides is 2. The van der Waals surface area contributed by atoms with E-state index < -0.39 is 44.4 Å². The van der Waals surface area contributed by atoms with Crippen molar-refractivity contribution in [1.29, 1.82) is 0 Å². The number of aromatic nitrogens is 4. The first-order chi connectivity index (χ1) is 13.0. The summed E-state index contributed by atoms with van der Waals surface area (Å²) in [5.41, 5.74) is -1.19. The van der Waals surface area contributed by atoms with Crippen LogP contribution in [0, 0.1) is 6.92 Å². The predicted molar refractivity (Wildman–Crippen MR) is 96.9 cm³/mol. The molecular formula is C14H20ClFN5O6P. The minimum atomic E-state index is -4.88. The molecular weight excluding hydrogens is 420 g/mol. The molecule has 2 aromatic rings. The monoisotopic (exact) mass is 439 g/mol. The van der Waals surface area contributed by atoms with Gasteiger partial charge in [0.2, 0.25) is 0 Å². The van der Waals surface area contributed by atoms with E-state index in [1.54, 1.807) is 25.9 Å². The molecule has 3 N–H and O–H groups in total. The zero-order valence-corrected chi connectivity index (χ0v) is 16.9. The number of rotatable bonds is 6. The van der Waals surface area contributed by atoms with Gasteiger partial charge in [0.25, 0.3) is 0 Å². The molecule has 0 radical (unpaired) electrons. The van der Waals surface area contributed by atoms with Crippen molar-refractivity contribution in [3.05, 3.63) is 12.2 Å². The summed E-state index contributed by atoms with van der Waals surface area (Å²) < 4.78 is 37.3. The van der Waals surface area contributed by atoms with Gasteiger partial charge < -0.3 is 24.5 Å². The van der Waals surface area contributed by atoms with Crippen LogP contribution in [0.5, 0.6) is 0 Å². The Morgan fingerprint density at radius 2 is 2.14 bits per heavy atom. The molecule has 0 aromatic carbocycles. The molecule has 1 saturated heterocycles. The van der Waals surface area contributed by atoms with Crippen molar-refractivity contribution in [1.82, 2.24) is 19.5 Å². The van der Waals surface area contributed by atoms with Crippen LogP contribution >= 0.6 is 19.4 Å². The number of hydrogen-bond acceptors (Lipinski definition) is 8. The van der Waals surface area contributed by atoms with Crippen molar-refractivity contribution in [2.75, 3.05) is 31.5 Å². The third kappa shape index (κ3) is 3.73. The number of halogens is 2. The Balaban J connectivity index is 2.01. The highest BCUT2D eigenvalue weighted by Gasteiger charge is 2.56. The fourth-order valence-electron chi connectivity index (χ4n) is 3.00. The summed E-state index contributed by atoms with van der Waals surface area (Å²) in [5, 5.41) is 10.4. The molecule has 1 fully saturated rings. The van der Waals surface area contributed by atoms with Gasteiger partial charge in [-0.1, -0.05) is 0 Å². The second-order valence-corrected chi connectivity index (χ2v) is 8.18. The average Bonchev–Trinajstić information content (AvgIpc) is 3.12. The summed E-state index contributed by atoms with van der Waals surface area (Å²) in [6.45, 7) is 0.862. The van der Waals surface area contributed by atoms with Crippen molar-refractivity contribution in [2.45, 2.75) is 31.0 Å². The third-order valence-electron chi connectivity index (χ3n) is 4.38. The molecule has 0 bridgehead atoms. The van der Waals surface area contributed by atoms with Crippen LogP contribution in [0.25, 0.3) is 11.2 Å². The van der Waals surface area contributed by atoms with Gasteiger partial charge in [-0.3, -0.25) is 9.09 Å². The number of phosphoric ester groups is 1. The van der Waals surface area contributed by atoms with Crippen molar-refractivity contribution < 1.29 is 33.1 Å². The summed E-state index contributed by atoms with van der Waals surface area (Å²) in [4.78, 5) is 32.4. The van der Waals surface area contributed by atoms with Crippen LogP contribution in [0.4, 0.5) is 10.2 Å². The van der Waals surface area contributed by atoms with E-state index in [9.17, 15) is 14.1 Å². The lowest BCUT2D eigenvalue weighted by molar-refractivity contribution is -0.111. The summed E-state index contributed by atoms with van der Waals surface area (Å²) in [6, 6.07) is 0. The van der Waals surface area contributed by atoms with E-state index in [1.807, 2.05) is 0 Å². The van der Waals surface area contributed by atoms with Crippen molar-refractivity contribution >= 4 is 36.4 Å². The number of aliphatic hydroxyl groups is 1. The molecule has 0 spiro atoms. The van der Waals surface area contributed by atoms with Gasteiger partial charge in [0, 0.05) is 14.1 Å². The van der Waals surface area contributed by atoms with Gasteiger partial charge in [-0.2, -0.15) is 0 Å². The van der Waals surface area contributed by atoms with Gasteiger partial charge in [-0.15, -0.1) is 11.6 Å². The largest absolute Gasteiger partial charge is 0.469 e. The molecule has 14 heteroatoms. The Hall–Kier alpha value is -1.40. The number of phosphoric acid groups is 1. The quantitative estimate of drug-likeness (QED) is 0.430. The van der Waals surface area contributed by atoms with E-state index in [1.165, 1.54) is 10.9 Å². The van der Waals surface area contributed by atoms with Gasteiger partial charge in [0.15, 0.2) is 29.4 Å². The SMILES string of the molecule is Cc1nc(N(C)C)c2ncn([C@@H]3O[C@](CCl)(COP(=O)(O)O)[C@@H](O)[C@H]3F)c2n1. The van der Waals surface area contributed by atoms with Crippen LogP contribution in [0.1, 0.15) is 12.1 Å². The highest BCUT2D eigenvalue weighted by Crippen LogP contribution is 2.45. The molecule has 28 heavy (non-hydrogen) atoms. The molecule has 0 aliphatic carbocycles. The molecule has 3 rings (SSSR count). The standard InChI is InChI=1S/C14H20ClFN5O6P/c1-7-18-11(20(2)3)9-12(19-7)21(6-17-9)13-8(16)10(22)14(4-15,27-13)5-26-28(23,24)25/h6,8,10,13,22H,4-5H2,1-3H3,(H2,23,24,25)/t8-,10+,13-,14-/m1/s1. The lowest BCUT2D eigenvalue weighted by atomic mass is 9.99. The summed E-state index contributed by atoms with van der Waals surface area (Å²) in [5.74, 6) is 0.471. The molecule has 156 valence electrons. The highest BCUT2D eigenvalue weighted by molar-refractivity contribution is 7.46. The molecule has 2 aromatic heterocycles. The Bertz CT molecular complexity index is 925. The fraction of sp³-hybridized carbons (Fsp3) is 0.643. The summed E-state index contributed by atoms with van der Waals surface area (Å²) in [6.07, 6.45) is -3.86. The number of anilines is 1. The molecule has 1 aliphatic heterocycles. The fourth-order valence-corrected chi connectivity index (χ4v) is 3.68. The molecule has 1 aliphatic rings. The Kier molecular flexibility index (Phi) is 5.67. The second kappa shape index (κ2) is 7.45. The zero-order chi connectivity index (χ0) is 20.9. The van der Waals surface area contributed by atoms with Crippen molar-refractivity contribution in [3.63, 3.8) is 0 Å². The normalized spacial score (nSPS) is 28.2. The number of hydrogen-bond donors (Lipinski definition) is 3. The molecule has 11 nitrogen and oxygen atoms in total. The minimum Gasteiger partial charge on any atom is -0.387 e. The Morgan fingerprint density at radius 1 is 1.46 bits per heavy atom. The number of aliphatic hydroxyl groups excluding tert-OH is 1. The maximum absolute atomic E-state index is 14.9. The van der Waals surface area contributed by atoms with Crippen LogP contribution in [0.2, 0.25) is 0 Å². The van der Waals surface area contributed by atoms with Gasteiger partial charge in [-0.25, -0.2) is 23.9 Å². The van der Waals surface area contributed by atoms with E-state index in [0.29, 0.717) is 17.2 Å². The first-order valence-corrected chi connectivity index (χ1v) is 10.2. The maximum atomic E-state index is 14.9. The summed E-state index contributed by atoms with van der Waals surface area (Å²) >= 11 is 5.85. The third-order valence-corrected chi connectivity index (χ3v) is 5.30. The van der Waals surface area contributed by atoms with E-state index in [0.717, 1.165) is 0 Å². The first-order valence-electron chi connectivity index (χ1n) is 8.13. The van der Waals surface area contributed by atoms with Crippen LogP contribution in [-0.2, 0) is 13.8 Å². The van der Waals surface area contributed by atoms with Gasteiger partial charge >= 0.3 is 7.82 Å². The molecule has 0 unspecified atom stereocenters. The van der Waals surface area contributed by atoms with Gasteiger partial charge in [0.1, 0.15) is 17.5 Å². The van der Waals surface area contributed by atoms with E-state index in [2.05, 4.69) is 19.5 Å². The van der Waals surface area contributed by atoms with E-state index >= 15 is 0 Å². The van der Waals surface area contributed by atoms with Crippen LogP contribution in [0.15, 0.2) is 6.33 Å². The lowest BCUT2D eigenvalue weighted by Crippen LogP contribution is -2.47. The van der Waals surface area contributed by atoms with Crippen molar-refractivity contribution in [2.24, 2.45) is 0 Å². The van der Waals surface area contributed by atoms with E-state index in [-0.39, 0.29) is 5.65 Å². The number of aryl methyl sites for hydroxylation is 1. The van der Waals surface area contributed by atoms with Crippen molar-refractivity contribution in [3.8, 4) is 0 Å². The number of nitrogens with zero attached hydrogens (tertiary/aromatic N) is 5. The number of ether oxygens (including phenoxy) is 1. The average molecular weight is 440 g/mol. The molecule has 4 atom stereocenters. The maximum Gasteiger partial charge on any atom is 0.469 e.